The molecule has 3 rings (SSSR count). The Labute approximate surface area is 121 Å². The molecular weight excluding hydrogens is 270 g/mol. The average Bonchev–Trinajstić information content (AvgIpc) is 3.01. The average molecular weight is 289 g/mol. The van der Waals surface area contributed by atoms with Gasteiger partial charge in [-0.05, 0) is 30.5 Å². The van der Waals surface area contributed by atoms with Crippen LogP contribution < -0.4 is 5.32 Å². The SMILES string of the molecule is O=S1CCC(NC(c2ccccc2)c2ccco2)CC1. The first kappa shape index (κ1) is 13.6. The van der Waals surface area contributed by atoms with Crippen LogP contribution in [0.25, 0.3) is 0 Å². The summed E-state index contributed by atoms with van der Waals surface area (Å²) in [5, 5.41) is 3.67. The Morgan fingerprint density at radius 2 is 1.85 bits per heavy atom. The zero-order chi connectivity index (χ0) is 13.8. The quantitative estimate of drug-likeness (QED) is 0.941. The van der Waals surface area contributed by atoms with Crippen LogP contribution in [0.4, 0.5) is 0 Å². The van der Waals surface area contributed by atoms with Crippen molar-refractivity contribution in [3.8, 4) is 0 Å². The van der Waals surface area contributed by atoms with Gasteiger partial charge in [-0.25, -0.2) is 0 Å². The molecule has 1 aliphatic heterocycles. The Bertz CT molecular complexity index is 543. The molecule has 1 N–H and O–H groups in total. The highest BCUT2D eigenvalue weighted by Gasteiger charge is 2.24. The van der Waals surface area contributed by atoms with Crippen molar-refractivity contribution in [3.63, 3.8) is 0 Å². The van der Waals surface area contributed by atoms with Crippen molar-refractivity contribution in [3.05, 3.63) is 60.1 Å². The van der Waals surface area contributed by atoms with Gasteiger partial charge in [0.2, 0.25) is 0 Å². The second-order valence-corrected chi connectivity index (χ2v) is 6.84. The second kappa shape index (κ2) is 6.37. The fourth-order valence-corrected chi connectivity index (χ4v) is 3.94. The van der Waals surface area contributed by atoms with Gasteiger partial charge in [0.15, 0.2) is 0 Å². The molecule has 1 unspecified atom stereocenters. The summed E-state index contributed by atoms with van der Waals surface area (Å²) in [6.07, 6.45) is 3.65. The van der Waals surface area contributed by atoms with Crippen LogP contribution in [0.3, 0.4) is 0 Å². The summed E-state index contributed by atoms with van der Waals surface area (Å²) in [5.41, 5.74) is 1.20. The maximum absolute atomic E-state index is 11.5. The van der Waals surface area contributed by atoms with E-state index < -0.39 is 10.8 Å². The largest absolute Gasteiger partial charge is 0.467 e. The van der Waals surface area contributed by atoms with E-state index in [4.69, 9.17) is 4.42 Å². The summed E-state index contributed by atoms with van der Waals surface area (Å²) >= 11 is 0. The van der Waals surface area contributed by atoms with Crippen molar-refractivity contribution in [1.82, 2.24) is 5.32 Å². The Morgan fingerprint density at radius 3 is 2.50 bits per heavy atom. The van der Waals surface area contributed by atoms with Crippen LogP contribution >= 0.6 is 0 Å². The van der Waals surface area contributed by atoms with Gasteiger partial charge < -0.3 is 9.73 Å². The minimum absolute atomic E-state index is 0.0720. The molecule has 0 radical (unpaired) electrons. The van der Waals surface area contributed by atoms with Crippen LogP contribution in [0.5, 0.6) is 0 Å². The zero-order valence-electron chi connectivity index (χ0n) is 11.3. The number of furan rings is 1. The van der Waals surface area contributed by atoms with E-state index in [9.17, 15) is 4.21 Å². The highest BCUT2D eigenvalue weighted by Crippen LogP contribution is 2.24. The van der Waals surface area contributed by atoms with Gasteiger partial charge in [-0.3, -0.25) is 4.21 Å². The van der Waals surface area contributed by atoms with E-state index in [1.54, 1.807) is 6.26 Å². The summed E-state index contributed by atoms with van der Waals surface area (Å²) in [5.74, 6) is 2.54. The minimum atomic E-state index is -0.620. The predicted octanol–water partition coefficient (Wildman–Crippen LogP) is 2.87. The van der Waals surface area contributed by atoms with E-state index in [1.165, 1.54) is 5.56 Å². The molecule has 20 heavy (non-hydrogen) atoms. The third-order valence-corrected chi connectivity index (χ3v) is 5.13. The fraction of sp³-hybridized carbons (Fsp3) is 0.375. The summed E-state index contributed by atoms with van der Waals surface area (Å²) in [4.78, 5) is 0. The van der Waals surface area contributed by atoms with Crippen LogP contribution in [0.1, 0.15) is 30.2 Å². The van der Waals surface area contributed by atoms with Gasteiger partial charge in [-0.15, -0.1) is 0 Å². The van der Waals surface area contributed by atoms with Gasteiger partial charge in [0.05, 0.1) is 12.3 Å². The lowest BCUT2D eigenvalue weighted by Crippen LogP contribution is -2.38. The minimum Gasteiger partial charge on any atom is -0.467 e. The van der Waals surface area contributed by atoms with Gasteiger partial charge in [0.1, 0.15) is 5.76 Å². The van der Waals surface area contributed by atoms with Crippen molar-refractivity contribution in [2.45, 2.75) is 24.9 Å². The molecule has 0 aliphatic carbocycles. The number of rotatable bonds is 4. The predicted molar refractivity (Wildman–Crippen MR) is 81.0 cm³/mol. The molecule has 3 nitrogen and oxygen atoms in total. The van der Waals surface area contributed by atoms with Crippen molar-refractivity contribution >= 4 is 10.8 Å². The topological polar surface area (TPSA) is 42.2 Å². The van der Waals surface area contributed by atoms with Gasteiger partial charge in [-0.1, -0.05) is 30.3 Å². The van der Waals surface area contributed by atoms with E-state index >= 15 is 0 Å². The van der Waals surface area contributed by atoms with Crippen LogP contribution in [0.15, 0.2) is 53.1 Å². The van der Waals surface area contributed by atoms with Crippen molar-refractivity contribution in [2.24, 2.45) is 0 Å². The normalized spacial score (nSPS) is 24.4. The first-order valence-electron chi connectivity index (χ1n) is 7.02. The Morgan fingerprint density at radius 1 is 1.10 bits per heavy atom. The molecule has 0 bridgehead atoms. The Hall–Kier alpha value is -1.39. The van der Waals surface area contributed by atoms with Crippen LogP contribution in [-0.4, -0.2) is 21.8 Å². The highest BCUT2D eigenvalue weighted by atomic mass is 32.2. The van der Waals surface area contributed by atoms with Crippen molar-refractivity contribution in [1.29, 1.82) is 0 Å². The smallest absolute Gasteiger partial charge is 0.125 e. The van der Waals surface area contributed by atoms with Crippen LogP contribution in [-0.2, 0) is 10.8 Å². The molecule has 0 amide bonds. The lowest BCUT2D eigenvalue weighted by Gasteiger charge is -2.27. The monoisotopic (exact) mass is 289 g/mol. The Kier molecular flexibility index (Phi) is 4.33. The van der Waals surface area contributed by atoms with Gasteiger partial charge in [0, 0.05) is 28.3 Å². The summed E-state index contributed by atoms with van der Waals surface area (Å²) < 4.78 is 17.0. The van der Waals surface area contributed by atoms with Gasteiger partial charge in [-0.2, -0.15) is 0 Å². The van der Waals surface area contributed by atoms with E-state index in [0.717, 1.165) is 30.1 Å². The Balaban J connectivity index is 1.78. The maximum atomic E-state index is 11.5. The van der Waals surface area contributed by atoms with Gasteiger partial charge >= 0.3 is 0 Å². The first-order valence-corrected chi connectivity index (χ1v) is 8.51. The molecule has 1 saturated heterocycles. The third-order valence-electron chi connectivity index (χ3n) is 3.75. The number of hydrogen-bond acceptors (Lipinski definition) is 3. The fourth-order valence-electron chi connectivity index (χ4n) is 2.64. The molecule has 0 spiro atoms. The second-order valence-electron chi connectivity index (χ2n) is 5.15. The summed E-state index contributed by atoms with van der Waals surface area (Å²) in [6.45, 7) is 0. The zero-order valence-corrected chi connectivity index (χ0v) is 12.1. The molecule has 1 atom stereocenters. The van der Waals surface area contributed by atoms with E-state index in [-0.39, 0.29) is 6.04 Å². The maximum Gasteiger partial charge on any atom is 0.125 e. The number of benzene rings is 1. The number of hydrogen-bond donors (Lipinski definition) is 1. The third kappa shape index (κ3) is 3.19. The molecule has 4 heteroatoms. The first-order chi connectivity index (χ1) is 9.83. The lowest BCUT2D eigenvalue weighted by atomic mass is 10.0. The molecular formula is C16H19NO2S. The summed E-state index contributed by atoms with van der Waals surface area (Å²) in [7, 11) is -0.620. The molecule has 1 aromatic heterocycles. The van der Waals surface area contributed by atoms with Gasteiger partial charge in [0.25, 0.3) is 0 Å². The van der Waals surface area contributed by atoms with E-state index in [0.29, 0.717) is 6.04 Å². The van der Waals surface area contributed by atoms with E-state index in [2.05, 4.69) is 17.4 Å². The molecule has 0 saturated carbocycles. The highest BCUT2D eigenvalue weighted by molar-refractivity contribution is 7.85. The van der Waals surface area contributed by atoms with Crippen molar-refractivity contribution in [2.75, 3.05) is 11.5 Å². The molecule has 1 fully saturated rings. The molecule has 2 heterocycles. The van der Waals surface area contributed by atoms with Crippen LogP contribution in [0, 0.1) is 0 Å². The molecule has 1 aromatic carbocycles. The summed E-state index contributed by atoms with van der Waals surface area (Å²) in [6, 6.07) is 14.7. The lowest BCUT2D eigenvalue weighted by molar-refractivity contribution is 0.388. The van der Waals surface area contributed by atoms with Crippen LogP contribution in [0.2, 0.25) is 0 Å². The standard InChI is InChI=1S/C16H19NO2S/c18-20-11-8-14(9-12-20)17-16(15-7-4-10-19-15)13-5-2-1-3-6-13/h1-7,10,14,16-17H,8-9,11-12H2. The van der Waals surface area contributed by atoms with E-state index in [1.807, 2.05) is 30.3 Å². The van der Waals surface area contributed by atoms with Crippen molar-refractivity contribution < 1.29 is 8.63 Å². The molecule has 106 valence electrons. The molecule has 2 aromatic rings. The molecule has 1 aliphatic rings. The number of nitrogens with one attached hydrogen (secondary N) is 1.